The van der Waals surface area contributed by atoms with Crippen molar-refractivity contribution in [1.29, 1.82) is 0 Å². The number of nitrogens with one attached hydrogen (secondary N) is 2. The van der Waals surface area contributed by atoms with Crippen molar-refractivity contribution in [2.24, 2.45) is 0 Å². The fourth-order valence-corrected chi connectivity index (χ4v) is 3.41. The molecule has 0 amide bonds. The highest BCUT2D eigenvalue weighted by molar-refractivity contribution is 5.87. The Labute approximate surface area is 180 Å². The number of aliphatic hydroxyl groups excluding tert-OH is 1. The van der Waals surface area contributed by atoms with Crippen LogP contribution in [-0.2, 0) is 6.54 Å². The molecule has 2 aromatic carbocycles. The maximum atomic E-state index is 8.97. The van der Waals surface area contributed by atoms with Crippen LogP contribution in [0.1, 0.15) is 19.4 Å². The summed E-state index contributed by atoms with van der Waals surface area (Å²) in [6.07, 6.45) is 1.97. The minimum Gasteiger partial charge on any atom is -0.490 e. The Hall–Kier alpha value is -3.36. The number of hydrogen-bond donors (Lipinski definition) is 3. The molecule has 8 nitrogen and oxygen atoms in total. The average molecular weight is 422 g/mol. The maximum Gasteiger partial charge on any atom is 0.258 e. The fraction of sp³-hybridized carbons (Fsp3) is 0.304. The molecule has 0 saturated carbocycles. The monoisotopic (exact) mass is 422 g/mol. The second-order valence-corrected chi connectivity index (χ2v) is 6.93. The van der Waals surface area contributed by atoms with Crippen LogP contribution < -0.4 is 14.8 Å². The summed E-state index contributed by atoms with van der Waals surface area (Å²) in [4.78, 5) is 7.86. The summed E-state index contributed by atoms with van der Waals surface area (Å²) in [6, 6.07) is 11.6. The van der Waals surface area contributed by atoms with E-state index in [4.69, 9.17) is 19.1 Å². The minimum atomic E-state index is 0.107. The summed E-state index contributed by atoms with van der Waals surface area (Å²) in [6.45, 7) is 6.27. The van der Waals surface area contributed by atoms with E-state index in [-0.39, 0.29) is 6.61 Å². The summed E-state index contributed by atoms with van der Waals surface area (Å²) in [5.74, 6) is 2.26. The highest BCUT2D eigenvalue weighted by Gasteiger charge is 2.15. The van der Waals surface area contributed by atoms with Gasteiger partial charge in [0.25, 0.3) is 5.89 Å². The quantitative estimate of drug-likeness (QED) is 0.334. The highest BCUT2D eigenvalue weighted by atomic mass is 16.5. The van der Waals surface area contributed by atoms with Crippen molar-refractivity contribution in [3.63, 3.8) is 0 Å². The van der Waals surface area contributed by atoms with Crippen LogP contribution in [0.3, 0.4) is 0 Å². The highest BCUT2D eigenvalue weighted by Crippen LogP contribution is 2.33. The molecule has 2 aromatic heterocycles. The Morgan fingerprint density at radius 1 is 1.03 bits per heavy atom. The van der Waals surface area contributed by atoms with Crippen LogP contribution in [0.15, 0.2) is 47.1 Å². The number of rotatable bonds is 10. The number of aromatic amines is 1. The molecule has 0 aliphatic rings. The first kappa shape index (κ1) is 20.9. The van der Waals surface area contributed by atoms with Gasteiger partial charge in [0.15, 0.2) is 11.5 Å². The molecule has 0 unspecified atom stereocenters. The standard InChI is InChI=1S/C23H26N4O4/c1-3-29-20-8-6-16(12-21(20)30-4-2)23-26-22(27-31-23)15-5-7-19-18(11-15)17(14-25-19)13-24-9-10-28/h5-8,11-12,14,24-25,28H,3-4,9-10,13H2,1-2H3. The predicted octanol–water partition coefficient (Wildman–Crippen LogP) is 3.76. The second kappa shape index (κ2) is 9.63. The van der Waals surface area contributed by atoms with Crippen molar-refractivity contribution in [2.75, 3.05) is 26.4 Å². The van der Waals surface area contributed by atoms with Gasteiger partial charge in [0, 0.05) is 41.3 Å². The molecule has 0 saturated heterocycles. The Morgan fingerprint density at radius 3 is 2.65 bits per heavy atom. The molecule has 0 bridgehead atoms. The summed E-state index contributed by atoms with van der Waals surface area (Å²) >= 11 is 0. The zero-order chi connectivity index (χ0) is 21.6. The topological polar surface area (TPSA) is 105 Å². The first-order valence-corrected chi connectivity index (χ1v) is 10.4. The van der Waals surface area contributed by atoms with Gasteiger partial charge in [0.2, 0.25) is 5.82 Å². The van der Waals surface area contributed by atoms with Crippen LogP contribution in [0.25, 0.3) is 33.7 Å². The predicted molar refractivity (Wildman–Crippen MR) is 118 cm³/mol. The van der Waals surface area contributed by atoms with Crippen LogP contribution in [-0.4, -0.2) is 46.6 Å². The number of benzene rings is 2. The van der Waals surface area contributed by atoms with E-state index in [0.717, 1.165) is 27.6 Å². The van der Waals surface area contributed by atoms with E-state index in [1.807, 2.05) is 56.4 Å². The zero-order valence-corrected chi connectivity index (χ0v) is 17.6. The lowest BCUT2D eigenvalue weighted by Crippen LogP contribution is -2.17. The Balaban J connectivity index is 1.62. The van der Waals surface area contributed by atoms with Gasteiger partial charge in [-0.25, -0.2) is 0 Å². The maximum absolute atomic E-state index is 8.97. The number of aromatic nitrogens is 3. The molecule has 0 fully saturated rings. The molecule has 0 radical (unpaired) electrons. The Kier molecular flexibility index (Phi) is 6.49. The van der Waals surface area contributed by atoms with Crippen molar-refractivity contribution < 1.29 is 19.1 Å². The normalized spacial score (nSPS) is 11.2. The van der Waals surface area contributed by atoms with Crippen molar-refractivity contribution >= 4 is 10.9 Å². The van der Waals surface area contributed by atoms with Crippen LogP contribution >= 0.6 is 0 Å². The molecule has 8 heteroatoms. The Morgan fingerprint density at radius 2 is 1.84 bits per heavy atom. The largest absolute Gasteiger partial charge is 0.490 e. The molecule has 2 heterocycles. The molecule has 3 N–H and O–H groups in total. The number of fused-ring (bicyclic) bond motifs is 1. The van der Waals surface area contributed by atoms with Gasteiger partial charge in [-0.1, -0.05) is 5.16 Å². The Bertz CT molecular complexity index is 1150. The molecule has 162 valence electrons. The summed E-state index contributed by atoms with van der Waals surface area (Å²) in [5, 5.41) is 17.4. The smallest absolute Gasteiger partial charge is 0.258 e. The van der Waals surface area contributed by atoms with E-state index in [1.165, 1.54) is 0 Å². The molecular formula is C23H26N4O4. The summed E-state index contributed by atoms with van der Waals surface area (Å²) < 4.78 is 16.9. The van der Waals surface area contributed by atoms with Crippen LogP contribution in [0.5, 0.6) is 11.5 Å². The van der Waals surface area contributed by atoms with E-state index >= 15 is 0 Å². The van der Waals surface area contributed by atoms with Gasteiger partial charge in [0.1, 0.15) is 0 Å². The molecular weight excluding hydrogens is 396 g/mol. The van der Waals surface area contributed by atoms with Gasteiger partial charge < -0.3 is 29.4 Å². The first-order chi connectivity index (χ1) is 15.2. The lowest BCUT2D eigenvalue weighted by molar-refractivity contribution is 0.288. The SMILES string of the molecule is CCOc1ccc(-c2nc(-c3ccc4[nH]cc(CNCCO)c4c3)no2)cc1OCC. The molecule has 0 atom stereocenters. The lowest BCUT2D eigenvalue weighted by Gasteiger charge is -2.11. The van der Waals surface area contributed by atoms with Gasteiger partial charge in [-0.15, -0.1) is 0 Å². The number of ether oxygens (including phenoxy) is 2. The van der Waals surface area contributed by atoms with Gasteiger partial charge in [-0.05, 0) is 55.8 Å². The van der Waals surface area contributed by atoms with Crippen molar-refractivity contribution in [2.45, 2.75) is 20.4 Å². The number of hydrogen-bond acceptors (Lipinski definition) is 7. The van der Waals surface area contributed by atoms with Gasteiger partial charge >= 0.3 is 0 Å². The third kappa shape index (κ3) is 4.55. The molecule has 0 aliphatic carbocycles. The van der Waals surface area contributed by atoms with Crippen molar-refractivity contribution in [3.8, 4) is 34.3 Å². The van der Waals surface area contributed by atoms with E-state index in [2.05, 4.69) is 20.4 Å². The third-order valence-electron chi connectivity index (χ3n) is 4.85. The molecule has 0 spiro atoms. The summed E-state index contributed by atoms with van der Waals surface area (Å²) in [5.41, 5.74) is 3.77. The van der Waals surface area contributed by atoms with Crippen molar-refractivity contribution in [3.05, 3.63) is 48.2 Å². The molecule has 4 aromatic rings. The first-order valence-electron chi connectivity index (χ1n) is 10.4. The van der Waals surface area contributed by atoms with E-state index in [9.17, 15) is 0 Å². The second-order valence-electron chi connectivity index (χ2n) is 6.93. The number of aliphatic hydroxyl groups is 1. The van der Waals surface area contributed by atoms with E-state index in [1.54, 1.807) is 0 Å². The molecule has 0 aliphatic heterocycles. The van der Waals surface area contributed by atoms with E-state index < -0.39 is 0 Å². The number of H-pyrrole nitrogens is 1. The van der Waals surface area contributed by atoms with Crippen LogP contribution in [0.4, 0.5) is 0 Å². The average Bonchev–Trinajstić information content (AvgIpc) is 3.43. The fourth-order valence-electron chi connectivity index (χ4n) is 3.41. The van der Waals surface area contributed by atoms with Gasteiger partial charge in [-0.2, -0.15) is 4.98 Å². The lowest BCUT2D eigenvalue weighted by atomic mass is 10.1. The van der Waals surface area contributed by atoms with Gasteiger partial charge in [-0.3, -0.25) is 0 Å². The van der Waals surface area contributed by atoms with Crippen LogP contribution in [0.2, 0.25) is 0 Å². The van der Waals surface area contributed by atoms with E-state index in [0.29, 0.717) is 49.5 Å². The van der Waals surface area contributed by atoms with Crippen LogP contribution in [0, 0.1) is 0 Å². The number of nitrogens with zero attached hydrogens (tertiary/aromatic N) is 2. The molecule has 4 rings (SSSR count). The summed E-state index contributed by atoms with van der Waals surface area (Å²) in [7, 11) is 0. The minimum absolute atomic E-state index is 0.107. The van der Waals surface area contributed by atoms with Crippen molar-refractivity contribution in [1.82, 2.24) is 20.4 Å². The third-order valence-corrected chi connectivity index (χ3v) is 4.85. The van der Waals surface area contributed by atoms with Gasteiger partial charge in [0.05, 0.1) is 19.8 Å². The zero-order valence-electron chi connectivity index (χ0n) is 17.6. The molecule has 31 heavy (non-hydrogen) atoms.